The van der Waals surface area contributed by atoms with Crippen molar-refractivity contribution in [3.05, 3.63) is 53.1 Å². The number of rotatable bonds is 3. The van der Waals surface area contributed by atoms with E-state index in [1.54, 1.807) is 0 Å². The van der Waals surface area contributed by atoms with E-state index in [4.69, 9.17) is 0 Å². The maximum Gasteiger partial charge on any atom is 0.211 e. The topological polar surface area (TPSA) is 29.1 Å². The van der Waals surface area contributed by atoms with Crippen LogP contribution in [0.25, 0.3) is 11.1 Å². The first-order valence-corrected chi connectivity index (χ1v) is 6.00. The van der Waals surface area contributed by atoms with Gasteiger partial charge in [-0.05, 0) is 55.2 Å². The third-order valence-corrected chi connectivity index (χ3v) is 3.08. The SMILES string of the molecule is Cc1cc(C)c(-c2ccc(NC=O)cc2)c(C)c1. The average molecular weight is 239 g/mol. The highest BCUT2D eigenvalue weighted by Crippen LogP contribution is 2.29. The molecule has 0 saturated heterocycles. The number of carbonyl (C=O) groups excluding carboxylic acids is 1. The Labute approximate surface area is 108 Å². The molecular weight excluding hydrogens is 222 g/mol. The van der Waals surface area contributed by atoms with E-state index < -0.39 is 0 Å². The van der Waals surface area contributed by atoms with Gasteiger partial charge >= 0.3 is 0 Å². The summed E-state index contributed by atoms with van der Waals surface area (Å²) in [4.78, 5) is 10.4. The summed E-state index contributed by atoms with van der Waals surface area (Å²) in [6, 6.07) is 12.3. The van der Waals surface area contributed by atoms with E-state index in [0.717, 1.165) is 5.69 Å². The van der Waals surface area contributed by atoms with Gasteiger partial charge in [-0.1, -0.05) is 29.8 Å². The lowest BCUT2D eigenvalue weighted by molar-refractivity contribution is -0.105. The van der Waals surface area contributed by atoms with Crippen LogP contribution in [-0.2, 0) is 4.79 Å². The predicted molar refractivity (Wildman–Crippen MR) is 75.8 cm³/mol. The van der Waals surface area contributed by atoms with Gasteiger partial charge in [0.25, 0.3) is 0 Å². The van der Waals surface area contributed by atoms with E-state index in [1.807, 2.05) is 24.3 Å². The van der Waals surface area contributed by atoms with Gasteiger partial charge in [0.15, 0.2) is 0 Å². The number of nitrogens with one attached hydrogen (secondary N) is 1. The quantitative estimate of drug-likeness (QED) is 0.810. The molecule has 1 N–H and O–H groups in total. The van der Waals surface area contributed by atoms with Gasteiger partial charge in [0.2, 0.25) is 6.41 Å². The fraction of sp³-hybridized carbons (Fsp3) is 0.188. The standard InChI is InChI=1S/C16H17NO/c1-11-8-12(2)16(13(3)9-11)14-4-6-15(7-5-14)17-10-18/h4-10H,1-3H3,(H,17,18). The van der Waals surface area contributed by atoms with Crippen molar-refractivity contribution in [3.8, 4) is 11.1 Å². The Hall–Kier alpha value is -2.09. The van der Waals surface area contributed by atoms with E-state index in [0.29, 0.717) is 6.41 Å². The van der Waals surface area contributed by atoms with Crippen LogP contribution in [0.1, 0.15) is 16.7 Å². The van der Waals surface area contributed by atoms with Gasteiger partial charge in [0.05, 0.1) is 0 Å². The average Bonchev–Trinajstić information content (AvgIpc) is 2.30. The molecule has 0 aliphatic rings. The third kappa shape index (κ3) is 2.43. The first kappa shape index (κ1) is 12.4. The van der Waals surface area contributed by atoms with Crippen molar-refractivity contribution in [3.63, 3.8) is 0 Å². The molecule has 0 unspecified atom stereocenters. The lowest BCUT2D eigenvalue weighted by Gasteiger charge is -2.12. The summed E-state index contributed by atoms with van der Waals surface area (Å²) in [5.74, 6) is 0. The molecule has 92 valence electrons. The van der Waals surface area contributed by atoms with Gasteiger partial charge < -0.3 is 5.32 Å². The van der Waals surface area contributed by atoms with Crippen LogP contribution >= 0.6 is 0 Å². The minimum atomic E-state index is 0.692. The lowest BCUT2D eigenvalue weighted by atomic mass is 9.94. The molecule has 0 aromatic heterocycles. The van der Waals surface area contributed by atoms with E-state index in [-0.39, 0.29) is 0 Å². The molecule has 0 atom stereocenters. The number of hydrogen-bond acceptors (Lipinski definition) is 1. The van der Waals surface area contributed by atoms with E-state index in [9.17, 15) is 4.79 Å². The molecule has 0 radical (unpaired) electrons. The molecule has 0 spiro atoms. The van der Waals surface area contributed by atoms with Crippen molar-refractivity contribution in [2.45, 2.75) is 20.8 Å². The van der Waals surface area contributed by atoms with Crippen LogP contribution < -0.4 is 5.32 Å². The van der Waals surface area contributed by atoms with Crippen molar-refractivity contribution in [2.75, 3.05) is 5.32 Å². The van der Waals surface area contributed by atoms with Crippen LogP contribution in [0.4, 0.5) is 5.69 Å². The Balaban J connectivity index is 2.45. The maximum atomic E-state index is 10.4. The Bertz CT molecular complexity index is 547. The summed E-state index contributed by atoms with van der Waals surface area (Å²) in [5.41, 5.74) is 7.12. The van der Waals surface area contributed by atoms with Crippen molar-refractivity contribution in [2.24, 2.45) is 0 Å². The fourth-order valence-corrected chi connectivity index (χ4v) is 2.44. The lowest BCUT2D eigenvalue weighted by Crippen LogP contribution is -1.94. The van der Waals surface area contributed by atoms with Crippen LogP contribution in [0.5, 0.6) is 0 Å². The molecule has 0 aliphatic heterocycles. The predicted octanol–water partition coefficient (Wildman–Crippen LogP) is 3.85. The number of amides is 1. The van der Waals surface area contributed by atoms with Crippen LogP contribution in [0.15, 0.2) is 36.4 Å². The summed E-state index contributed by atoms with van der Waals surface area (Å²) in [6.07, 6.45) is 0.692. The smallest absolute Gasteiger partial charge is 0.211 e. The Morgan fingerprint density at radius 1 is 0.944 bits per heavy atom. The third-order valence-electron chi connectivity index (χ3n) is 3.08. The van der Waals surface area contributed by atoms with Crippen LogP contribution in [-0.4, -0.2) is 6.41 Å². The second-order valence-corrected chi connectivity index (χ2v) is 4.61. The zero-order chi connectivity index (χ0) is 13.1. The summed E-state index contributed by atoms with van der Waals surface area (Å²) in [6.45, 7) is 6.38. The van der Waals surface area contributed by atoms with Crippen molar-refractivity contribution in [1.82, 2.24) is 0 Å². The Kier molecular flexibility index (Phi) is 3.47. The molecule has 1 amide bonds. The number of aryl methyl sites for hydroxylation is 3. The van der Waals surface area contributed by atoms with Crippen molar-refractivity contribution in [1.29, 1.82) is 0 Å². The van der Waals surface area contributed by atoms with Crippen LogP contribution in [0, 0.1) is 20.8 Å². The normalized spacial score (nSPS) is 10.2. The first-order valence-electron chi connectivity index (χ1n) is 6.00. The number of carbonyl (C=O) groups is 1. The number of benzene rings is 2. The van der Waals surface area contributed by atoms with Gasteiger partial charge in [0.1, 0.15) is 0 Å². The zero-order valence-corrected chi connectivity index (χ0v) is 10.9. The molecular formula is C16H17NO. The molecule has 2 rings (SSSR count). The fourth-order valence-electron chi connectivity index (χ4n) is 2.44. The highest BCUT2D eigenvalue weighted by atomic mass is 16.1. The molecule has 0 fully saturated rings. The minimum absolute atomic E-state index is 0.692. The Morgan fingerprint density at radius 3 is 2.00 bits per heavy atom. The highest BCUT2D eigenvalue weighted by molar-refractivity contribution is 5.76. The summed E-state index contributed by atoms with van der Waals surface area (Å²) in [7, 11) is 0. The van der Waals surface area contributed by atoms with Crippen LogP contribution in [0.3, 0.4) is 0 Å². The molecule has 2 heteroatoms. The van der Waals surface area contributed by atoms with Gasteiger partial charge in [-0.2, -0.15) is 0 Å². The monoisotopic (exact) mass is 239 g/mol. The first-order chi connectivity index (χ1) is 8.61. The van der Waals surface area contributed by atoms with Gasteiger partial charge in [-0.25, -0.2) is 0 Å². The molecule has 0 aliphatic carbocycles. The molecule has 2 aromatic carbocycles. The summed E-state index contributed by atoms with van der Waals surface area (Å²) in [5, 5.41) is 2.64. The largest absolute Gasteiger partial charge is 0.329 e. The molecule has 0 saturated carbocycles. The minimum Gasteiger partial charge on any atom is -0.329 e. The number of hydrogen-bond donors (Lipinski definition) is 1. The van der Waals surface area contributed by atoms with E-state index in [2.05, 4.69) is 38.2 Å². The number of anilines is 1. The van der Waals surface area contributed by atoms with Gasteiger partial charge in [0, 0.05) is 5.69 Å². The second-order valence-electron chi connectivity index (χ2n) is 4.61. The molecule has 18 heavy (non-hydrogen) atoms. The molecule has 2 aromatic rings. The van der Waals surface area contributed by atoms with Crippen molar-refractivity contribution < 1.29 is 4.79 Å². The summed E-state index contributed by atoms with van der Waals surface area (Å²) >= 11 is 0. The highest BCUT2D eigenvalue weighted by Gasteiger charge is 2.06. The summed E-state index contributed by atoms with van der Waals surface area (Å²) < 4.78 is 0. The van der Waals surface area contributed by atoms with Gasteiger partial charge in [-0.3, -0.25) is 4.79 Å². The maximum absolute atomic E-state index is 10.4. The van der Waals surface area contributed by atoms with Crippen LogP contribution in [0.2, 0.25) is 0 Å². The van der Waals surface area contributed by atoms with E-state index in [1.165, 1.54) is 27.8 Å². The van der Waals surface area contributed by atoms with Crippen molar-refractivity contribution >= 4 is 12.1 Å². The zero-order valence-electron chi connectivity index (χ0n) is 10.9. The van der Waals surface area contributed by atoms with E-state index >= 15 is 0 Å². The molecule has 0 bridgehead atoms. The second kappa shape index (κ2) is 5.05. The molecule has 2 nitrogen and oxygen atoms in total. The van der Waals surface area contributed by atoms with Gasteiger partial charge in [-0.15, -0.1) is 0 Å². The molecule has 0 heterocycles. The Morgan fingerprint density at radius 2 is 1.50 bits per heavy atom.